The van der Waals surface area contributed by atoms with Crippen LogP contribution in [0.3, 0.4) is 0 Å². The van der Waals surface area contributed by atoms with Crippen LogP contribution in [0.5, 0.6) is 0 Å². The van der Waals surface area contributed by atoms with Crippen LogP contribution < -0.4 is 5.32 Å². The van der Waals surface area contributed by atoms with Gasteiger partial charge < -0.3 is 5.32 Å². The summed E-state index contributed by atoms with van der Waals surface area (Å²) in [6, 6.07) is 9.20. The van der Waals surface area contributed by atoms with E-state index in [0.717, 1.165) is 6.42 Å². The molecule has 2 rings (SSSR count). The third kappa shape index (κ3) is 3.57. The molecule has 0 bridgehead atoms. The lowest BCUT2D eigenvalue weighted by atomic mass is 9.87. The fraction of sp³-hybridized carbons (Fsp3) is 0.562. The van der Waals surface area contributed by atoms with Crippen LogP contribution in [0.15, 0.2) is 24.3 Å². The first kappa shape index (κ1) is 14.1. The SMILES string of the molecule is CC(C)NC(=O)CN(C)[C@@H]1CCCc2ccccc21. The molecule has 0 spiro atoms. The van der Waals surface area contributed by atoms with Gasteiger partial charge in [-0.05, 0) is 51.3 Å². The average Bonchev–Trinajstić information content (AvgIpc) is 2.36. The second kappa shape index (κ2) is 6.20. The Hall–Kier alpha value is -1.35. The number of hydrogen-bond donors (Lipinski definition) is 1. The number of aryl methyl sites for hydroxylation is 1. The van der Waals surface area contributed by atoms with E-state index < -0.39 is 0 Å². The summed E-state index contributed by atoms with van der Waals surface area (Å²) in [6.45, 7) is 4.46. The molecular formula is C16H24N2O. The molecule has 0 aromatic heterocycles. The van der Waals surface area contributed by atoms with E-state index in [-0.39, 0.29) is 11.9 Å². The number of carbonyl (C=O) groups excluding carboxylic acids is 1. The van der Waals surface area contributed by atoms with Crippen molar-refractivity contribution >= 4 is 5.91 Å². The van der Waals surface area contributed by atoms with E-state index >= 15 is 0 Å². The molecule has 1 aliphatic carbocycles. The highest BCUT2D eigenvalue weighted by Gasteiger charge is 2.24. The molecule has 0 fully saturated rings. The predicted molar refractivity (Wildman–Crippen MR) is 78.0 cm³/mol. The molecule has 19 heavy (non-hydrogen) atoms. The first-order chi connectivity index (χ1) is 9.08. The Balaban J connectivity index is 2.04. The van der Waals surface area contributed by atoms with E-state index in [4.69, 9.17) is 0 Å². The Kier molecular flexibility index (Phi) is 4.59. The molecule has 1 N–H and O–H groups in total. The molecule has 3 heteroatoms. The topological polar surface area (TPSA) is 32.3 Å². The fourth-order valence-electron chi connectivity index (χ4n) is 2.89. The zero-order valence-corrected chi connectivity index (χ0v) is 12.1. The van der Waals surface area contributed by atoms with Crippen LogP contribution in [-0.2, 0) is 11.2 Å². The summed E-state index contributed by atoms with van der Waals surface area (Å²) < 4.78 is 0. The number of nitrogens with one attached hydrogen (secondary N) is 1. The van der Waals surface area contributed by atoms with E-state index in [1.54, 1.807) is 0 Å². The van der Waals surface area contributed by atoms with Gasteiger partial charge in [0, 0.05) is 12.1 Å². The lowest BCUT2D eigenvalue weighted by Gasteiger charge is -2.33. The molecule has 1 aliphatic rings. The van der Waals surface area contributed by atoms with E-state index in [1.807, 2.05) is 20.9 Å². The van der Waals surface area contributed by atoms with Gasteiger partial charge in [-0.1, -0.05) is 24.3 Å². The second-order valence-corrected chi connectivity index (χ2v) is 5.74. The molecule has 0 saturated heterocycles. The largest absolute Gasteiger partial charge is 0.353 e. The van der Waals surface area contributed by atoms with Crippen LogP contribution in [0.4, 0.5) is 0 Å². The summed E-state index contributed by atoms with van der Waals surface area (Å²) >= 11 is 0. The van der Waals surface area contributed by atoms with Crippen molar-refractivity contribution in [1.82, 2.24) is 10.2 Å². The van der Waals surface area contributed by atoms with Crippen LogP contribution in [0, 0.1) is 0 Å². The highest BCUT2D eigenvalue weighted by molar-refractivity contribution is 5.78. The van der Waals surface area contributed by atoms with Gasteiger partial charge in [-0.15, -0.1) is 0 Å². The number of rotatable bonds is 4. The van der Waals surface area contributed by atoms with Gasteiger partial charge in [-0.25, -0.2) is 0 Å². The zero-order chi connectivity index (χ0) is 13.8. The van der Waals surface area contributed by atoms with Crippen molar-refractivity contribution in [3.05, 3.63) is 35.4 Å². The molecule has 0 radical (unpaired) electrons. The number of amides is 1. The summed E-state index contributed by atoms with van der Waals surface area (Å²) in [7, 11) is 2.05. The van der Waals surface area contributed by atoms with Gasteiger partial charge in [0.25, 0.3) is 0 Å². The number of nitrogens with zero attached hydrogens (tertiary/aromatic N) is 1. The highest BCUT2D eigenvalue weighted by atomic mass is 16.2. The van der Waals surface area contributed by atoms with Gasteiger partial charge in [-0.2, -0.15) is 0 Å². The monoisotopic (exact) mass is 260 g/mol. The van der Waals surface area contributed by atoms with Crippen molar-refractivity contribution in [3.63, 3.8) is 0 Å². The summed E-state index contributed by atoms with van der Waals surface area (Å²) in [4.78, 5) is 14.0. The smallest absolute Gasteiger partial charge is 0.234 e. The molecule has 1 aromatic rings. The molecule has 1 amide bonds. The predicted octanol–water partition coefficient (Wildman–Crippen LogP) is 2.52. The Morgan fingerprint density at radius 1 is 1.42 bits per heavy atom. The van der Waals surface area contributed by atoms with Crippen molar-refractivity contribution in [2.24, 2.45) is 0 Å². The minimum absolute atomic E-state index is 0.112. The van der Waals surface area contributed by atoms with E-state index in [1.165, 1.54) is 24.0 Å². The van der Waals surface area contributed by atoms with Crippen molar-refractivity contribution in [2.75, 3.05) is 13.6 Å². The number of benzene rings is 1. The highest BCUT2D eigenvalue weighted by Crippen LogP contribution is 2.33. The molecule has 104 valence electrons. The number of hydrogen-bond acceptors (Lipinski definition) is 2. The average molecular weight is 260 g/mol. The first-order valence-corrected chi connectivity index (χ1v) is 7.15. The molecule has 0 heterocycles. The third-order valence-electron chi connectivity index (χ3n) is 3.71. The van der Waals surface area contributed by atoms with Gasteiger partial charge in [0.15, 0.2) is 0 Å². The summed E-state index contributed by atoms with van der Waals surface area (Å²) in [5.41, 5.74) is 2.84. The Morgan fingerprint density at radius 3 is 2.89 bits per heavy atom. The van der Waals surface area contributed by atoms with Crippen LogP contribution in [-0.4, -0.2) is 30.4 Å². The molecule has 1 aromatic carbocycles. The van der Waals surface area contributed by atoms with Crippen LogP contribution in [0.25, 0.3) is 0 Å². The molecule has 3 nitrogen and oxygen atoms in total. The van der Waals surface area contributed by atoms with Crippen molar-refractivity contribution in [2.45, 2.75) is 45.2 Å². The maximum absolute atomic E-state index is 11.9. The third-order valence-corrected chi connectivity index (χ3v) is 3.71. The Bertz CT molecular complexity index is 442. The minimum Gasteiger partial charge on any atom is -0.353 e. The summed E-state index contributed by atoms with van der Waals surface area (Å²) in [6.07, 6.45) is 3.51. The van der Waals surface area contributed by atoms with Gasteiger partial charge >= 0.3 is 0 Å². The van der Waals surface area contributed by atoms with Crippen LogP contribution in [0.1, 0.15) is 43.9 Å². The molecule has 0 aliphatic heterocycles. The Morgan fingerprint density at radius 2 is 2.16 bits per heavy atom. The Labute approximate surface area is 116 Å². The van der Waals surface area contributed by atoms with Crippen LogP contribution >= 0.6 is 0 Å². The lowest BCUT2D eigenvalue weighted by Crippen LogP contribution is -2.40. The number of likely N-dealkylation sites (N-methyl/N-ethyl adjacent to an activating group) is 1. The molecule has 0 unspecified atom stereocenters. The van der Waals surface area contributed by atoms with Crippen molar-refractivity contribution in [1.29, 1.82) is 0 Å². The lowest BCUT2D eigenvalue weighted by molar-refractivity contribution is -0.123. The van der Waals surface area contributed by atoms with Gasteiger partial charge in [0.05, 0.1) is 6.54 Å². The second-order valence-electron chi connectivity index (χ2n) is 5.74. The van der Waals surface area contributed by atoms with Crippen molar-refractivity contribution < 1.29 is 4.79 Å². The maximum Gasteiger partial charge on any atom is 0.234 e. The van der Waals surface area contributed by atoms with E-state index in [9.17, 15) is 4.79 Å². The molecular weight excluding hydrogens is 236 g/mol. The van der Waals surface area contributed by atoms with E-state index in [0.29, 0.717) is 12.6 Å². The summed E-state index contributed by atoms with van der Waals surface area (Å²) in [5.74, 6) is 0.112. The number of fused-ring (bicyclic) bond motifs is 1. The summed E-state index contributed by atoms with van der Waals surface area (Å²) in [5, 5.41) is 2.96. The quantitative estimate of drug-likeness (QED) is 0.902. The zero-order valence-electron chi connectivity index (χ0n) is 12.1. The normalized spacial score (nSPS) is 18.5. The van der Waals surface area contributed by atoms with Gasteiger partial charge in [0.2, 0.25) is 5.91 Å². The molecule has 1 atom stereocenters. The van der Waals surface area contributed by atoms with Crippen molar-refractivity contribution in [3.8, 4) is 0 Å². The van der Waals surface area contributed by atoms with Gasteiger partial charge in [0.1, 0.15) is 0 Å². The maximum atomic E-state index is 11.9. The van der Waals surface area contributed by atoms with Crippen LogP contribution in [0.2, 0.25) is 0 Å². The minimum atomic E-state index is 0.112. The standard InChI is InChI=1S/C16H24N2O/c1-12(2)17-16(19)11-18(3)15-10-6-8-13-7-4-5-9-14(13)15/h4-5,7,9,12,15H,6,8,10-11H2,1-3H3,(H,17,19)/t15-/m1/s1. The molecule has 0 saturated carbocycles. The van der Waals surface area contributed by atoms with E-state index in [2.05, 4.69) is 34.5 Å². The van der Waals surface area contributed by atoms with Gasteiger partial charge in [-0.3, -0.25) is 9.69 Å². The number of carbonyl (C=O) groups is 1. The fourth-order valence-corrected chi connectivity index (χ4v) is 2.89. The first-order valence-electron chi connectivity index (χ1n) is 7.15.